The Morgan fingerprint density at radius 2 is 1.87 bits per heavy atom. The van der Waals surface area contributed by atoms with Crippen molar-refractivity contribution in [1.82, 2.24) is 10.6 Å². The summed E-state index contributed by atoms with van der Waals surface area (Å²) in [5, 5.41) is 38.2. The average molecular weight is 527 g/mol. The molecule has 4 fully saturated rings. The summed E-state index contributed by atoms with van der Waals surface area (Å²) in [7, 11) is 0. The minimum atomic E-state index is -1.22. The van der Waals surface area contributed by atoms with Crippen LogP contribution in [0.15, 0.2) is 35.6 Å². The quantitative estimate of drug-likeness (QED) is 0.325. The van der Waals surface area contributed by atoms with Crippen molar-refractivity contribution in [3.05, 3.63) is 35.6 Å². The van der Waals surface area contributed by atoms with Gasteiger partial charge in [-0.25, -0.2) is 0 Å². The first-order chi connectivity index (χ1) is 18.1. The lowest BCUT2D eigenvalue weighted by Crippen LogP contribution is -2.51. The van der Waals surface area contributed by atoms with Crippen LogP contribution >= 0.6 is 0 Å². The van der Waals surface area contributed by atoms with E-state index in [2.05, 4.69) is 24.5 Å². The van der Waals surface area contributed by atoms with E-state index in [1.54, 1.807) is 12.2 Å². The van der Waals surface area contributed by atoms with Gasteiger partial charge in [-0.05, 0) is 73.3 Å². The Hall–Kier alpha value is -2.78. The SMILES string of the molecule is CCC1C[C@H]2C[C@H]3[C@@H]4CC=CC(=O)NCC[C@H](O)[C@@H]5NC(=O)C(=C(O)C=C[C@H]4CC(=O)[C@@H]3[C@@]2(O)[C@@H]1C)C5=O. The normalized spacial score (nSPS) is 43.5. The van der Waals surface area contributed by atoms with E-state index < -0.39 is 46.7 Å². The molecule has 0 aromatic carbocycles. The molecule has 0 spiro atoms. The van der Waals surface area contributed by atoms with E-state index in [0.717, 1.165) is 19.3 Å². The first-order valence-corrected chi connectivity index (χ1v) is 13.9. The van der Waals surface area contributed by atoms with Crippen molar-refractivity contribution in [2.24, 2.45) is 41.4 Å². The van der Waals surface area contributed by atoms with E-state index in [1.165, 1.54) is 12.2 Å². The molecule has 0 aromatic rings. The number of nitrogens with one attached hydrogen (secondary N) is 2. The third-order valence-corrected chi connectivity index (χ3v) is 10.2. The molecule has 10 atom stereocenters. The van der Waals surface area contributed by atoms with Crippen LogP contribution in [0.25, 0.3) is 0 Å². The van der Waals surface area contributed by atoms with Crippen molar-refractivity contribution in [3.8, 4) is 0 Å². The highest BCUT2D eigenvalue weighted by Gasteiger charge is 2.66. The number of amides is 2. The van der Waals surface area contributed by atoms with Crippen LogP contribution in [0.1, 0.15) is 52.4 Å². The molecule has 5 N–H and O–H groups in total. The molecule has 2 aliphatic heterocycles. The first kappa shape index (κ1) is 26.8. The highest BCUT2D eigenvalue weighted by molar-refractivity contribution is 6.27. The fourth-order valence-corrected chi connectivity index (χ4v) is 8.22. The molecule has 0 radical (unpaired) electrons. The van der Waals surface area contributed by atoms with Crippen molar-refractivity contribution in [2.45, 2.75) is 70.1 Å². The highest BCUT2D eigenvalue weighted by atomic mass is 16.3. The Balaban J connectivity index is 1.50. The number of carbonyl (C=O) groups excluding carboxylic acids is 4. The molecule has 9 heteroatoms. The number of carbonyl (C=O) groups is 4. The monoisotopic (exact) mass is 526 g/mol. The van der Waals surface area contributed by atoms with Crippen molar-refractivity contribution in [3.63, 3.8) is 0 Å². The van der Waals surface area contributed by atoms with Crippen LogP contribution in [0.5, 0.6) is 0 Å². The fourth-order valence-electron chi connectivity index (χ4n) is 8.22. The maximum absolute atomic E-state index is 13.6. The zero-order valence-electron chi connectivity index (χ0n) is 21.9. The molecule has 3 saturated carbocycles. The van der Waals surface area contributed by atoms with E-state index in [-0.39, 0.29) is 60.7 Å². The number of rotatable bonds is 1. The van der Waals surface area contributed by atoms with Gasteiger partial charge in [0.1, 0.15) is 23.2 Å². The molecule has 3 aliphatic carbocycles. The molecule has 1 unspecified atom stereocenters. The highest BCUT2D eigenvalue weighted by Crippen LogP contribution is 2.63. The molecule has 1 saturated heterocycles. The van der Waals surface area contributed by atoms with Crippen LogP contribution in [0.2, 0.25) is 0 Å². The third kappa shape index (κ3) is 4.24. The van der Waals surface area contributed by atoms with Crippen molar-refractivity contribution < 1.29 is 34.5 Å². The maximum atomic E-state index is 13.6. The molecule has 2 bridgehead atoms. The Kier molecular flexibility index (Phi) is 7.11. The Labute approximate surface area is 222 Å². The summed E-state index contributed by atoms with van der Waals surface area (Å²) in [5.74, 6) is -2.71. The summed E-state index contributed by atoms with van der Waals surface area (Å²) in [4.78, 5) is 51.3. The Morgan fingerprint density at radius 3 is 2.61 bits per heavy atom. The lowest BCUT2D eigenvalue weighted by atomic mass is 9.61. The lowest BCUT2D eigenvalue weighted by molar-refractivity contribution is -0.145. The first-order valence-electron chi connectivity index (χ1n) is 13.9. The molecular weight excluding hydrogens is 488 g/mol. The van der Waals surface area contributed by atoms with Gasteiger partial charge < -0.3 is 26.0 Å². The molecular formula is C29H38N2O7. The van der Waals surface area contributed by atoms with Gasteiger partial charge in [0.05, 0.1) is 17.6 Å². The summed E-state index contributed by atoms with van der Waals surface area (Å²) in [5.41, 5.74) is -1.44. The smallest absolute Gasteiger partial charge is 0.259 e. The second-order valence-corrected chi connectivity index (χ2v) is 11.9. The van der Waals surface area contributed by atoms with Crippen LogP contribution in [0, 0.1) is 41.4 Å². The zero-order valence-corrected chi connectivity index (χ0v) is 21.9. The summed E-state index contributed by atoms with van der Waals surface area (Å²) in [6.45, 7) is 4.30. The van der Waals surface area contributed by atoms with Gasteiger partial charge in [0.15, 0.2) is 5.78 Å². The molecule has 5 rings (SSSR count). The minimum Gasteiger partial charge on any atom is -0.507 e. The molecule has 5 aliphatic rings. The molecule has 206 valence electrons. The van der Waals surface area contributed by atoms with Gasteiger partial charge in [-0.15, -0.1) is 0 Å². The largest absolute Gasteiger partial charge is 0.507 e. The van der Waals surface area contributed by atoms with E-state index >= 15 is 0 Å². The number of aliphatic hydroxyl groups excluding tert-OH is 2. The number of fused-ring (bicyclic) bond motifs is 7. The number of ketones is 2. The van der Waals surface area contributed by atoms with Gasteiger partial charge >= 0.3 is 0 Å². The molecule has 0 aromatic heterocycles. The van der Waals surface area contributed by atoms with Gasteiger partial charge in [0, 0.05) is 13.0 Å². The number of Topliss-reactive ketones (excluding diaryl/α,β-unsaturated/α-hetero) is 2. The number of allylic oxidation sites excluding steroid dienone is 3. The topological polar surface area (TPSA) is 153 Å². The van der Waals surface area contributed by atoms with Gasteiger partial charge in [-0.3, -0.25) is 19.2 Å². The molecule has 2 heterocycles. The molecule has 9 nitrogen and oxygen atoms in total. The fraction of sp³-hybridized carbons (Fsp3) is 0.655. The average Bonchev–Trinajstić information content (AvgIpc) is 3.43. The lowest BCUT2D eigenvalue weighted by Gasteiger charge is -2.44. The molecule has 38 heavy (non-hydrogen) atoms. The van der Waals surface area contributed by atoms with Crippen LogP contribution in [-0.2, 0) is 19.2 Å². The predicted octanol–water partition coefficient (Wildman–Crippen LogP) is 1.50. The van der Waals surface area contributed by atoms with Crippen LogP contribution in [0.4, 0.5) is 0 Å². The van der Waals surface area contributed by atoms with E-state index in [9.17, 15) is 34.5 Å². The maximum Gasteiger partial charge on any atom is 0.259 e. The number of hydrogen-bond acceptors (Lipinski definition) is 7. The summed E-state index contributed by atoms with van der Waals surface area (Å²) >= 11 is 0. The van der Waals surface area contributed by atoms with Gasteiger partial charge in [-0.2, -0.15) is 0 Å². The van der Waals surface area contributed by atoms with Crippen LogP contribution in [0.3, 0.4) is 0 Å². The second kappa shape index (κ2) is 10.1. The third-order valence-electron chi connectivity index (χ3n) is 10.2. The summed E-state index contributed by atoms with van der Waals surface area (Å²) < 4.78 is 0. The van der Waals surface area contributed by atoms with Crippen molar-refractivity contribution >= 4 is 23.4 Å². The van der Waals surface area contributed by atoms with E-state index in [1.807, 2.05) is 0 Å². The summed E-state index contributed by atoms with van der Waals surface area (Å²) in [6, 6.07) is -1.20. The van der Waals surface area contributed by atoms with E-state index in [4.69, 9.17) is 0 Å². The van der Waals surface area contributed by atoms with Crippen LogP contribution < -0.4 is 10.6 Å². The second-order valence-electron chi connectivity index (χ2n) is 11.9. The van der Waals surface area contributed by atoms with Crippen molar-refractivity contribution in [1.29, 1.82) is 0 Å². The zero-order chi connectivity index (χ0) is 27.4. The van der Waals surface area contributed by atoms with Crippen LogP contribution in [-0.4, -0.2) is 63.0 Å². The Morgan fingerprint density at radius 1 is 1.11 bits per heavy atom. The van der Waals surface area contributed by atoms with Gasteiger partial charge in [-0.1, -0.05) is 32.4 Å². The van der Waals surface area contributed by atoms with Gasteiger partial charge in [0.2, 0.25) is 5.91 Å². The standard InChI is InChI=1S/C29H38N2O7/c1-3-15-11-17-13-19-18-5-4-6-23(35)30-10-9-21(33)26-27(36)24(28(37)31-26)20(32)8-7-16(18)12-22(34)25(19)29(17,38)14(15)2/h4,6-8,14-19,21,25-26,32-33,38H,3,5,9-13H2,1-2H3,(H,30,35)(H,31,37)/t14-,15?,16+,17+,18-,19+,21+,25-,26+,29-/m1/s1. The van der Waals surface area contributed by atoms with E-state index in [0.29, 0.717) is 12.3 Å². The minimum absolute atomic E-state index is 0.00986. The molecule has 2 amide bonds. The predicted molar refractivity (Wildman–Crippen MR) is 137 cm³/mol. The Bertz CT molecular complexity index is 1130. The summed E-state index contributed by atoms with van der Waals surface area (Å²) in [6.07, 6.45) is 8.34. The van der Waals surface area contributed by atoms with Crippen molar-refractivity contribution in [2.75, 3.05) is 6.54 Å². The van der Waals surface area contributed by atoms with Gasteiger partial charge in [0.25, 0.3) is 5.91 Å². The number of hydrogen-bond donors (Lipinski definition) is 5. The number of aliphatic hydroxyl groups is 3.